The number of thioether (sulfide) groups is 1. The van der Waals surface area contributed by atoms with Gasteiger partial charge >= 0.3 is 5.97 Å². The summed E-state index contributed by atoms with van der Waals surface area (Å²) in [4.78, 5) is 16.0. The molecule has 0 bridgehead atoms. The van der Waals surface area contributed by atoms with Crippen LogP contribution in [0.1, 0.15) is 33.6 Å². The predicted molar refractivity (Wildman–Crippen MR) is 84.2 cm³/mol. The minimum absolute atomic E-state index is 0.299. The minimum Gasteiger partial charge on any atom is -0.478 e. The molecule has 0 atom stereocenters. The molecular formula is C16H14ClNO2S. The molecule has 0 radical (unpaired) electrons. The highest BCUT2D eigenvalue weighted by Gasteiger charge is 2.20. The topological polar surface area (TPSA) is 50.2 Å². The van der Waals surface area contributed by atoms with Gasteiger partial charge in [0.2, 0.25) is 0 Å². The zero-order chi connectivity index (χ0) is 14.8. The Hall–Kier alpha value is -1.52. The number of aryl methyl sites for hydroxylation is 2. The van der Waals surface area contributed by atoms with E-state index in [-0.39, 0.29) is 0 Å². The van der Waals surface area contributed by atoms with E-state index >= 15 is 0 Å². The first-order valence-corrected chi connectivity index (χ1v) is 8.14. The Balaban J connectivity index is 1.88. The van der Waals surface area contributed by atoms with Crippen molar-refractivity contribution >= 4 is 29.3 Å². The Morgan fingerprint density at radius 2 is 2.14 bits per heavy atom. The van der Waals surface area contributed by atoms with Gasteiger partial charge < -0.3 is 5.11 Å². The number of carboxylic acids is 1. The lowest BCUT2D eigenvalue weighted by Gasteiger charge is -2.09. The van der Waals surface area contributed by atoms with Crippen LogP contribution in [0.2, 0.25) is 5.02 Å². The zero-order valence-corrected chi connectivity index (χ0v) is 12.9. The van der Waals surface area contributed by atoms with Crippen molar-refractivity contribution < 1.29 is 9.90 Å². The molecule has 1 heterocycles. The molecule has 0 amide bonds. The molecule has 0 saturated heterocycles. The van der Waals surface area contributed by atoms with Gasteiger partial charge in [-0.3, -0.25) is 0 Å². The van der Waals surface area contributed by atoms with Crippen LogP contribution < -0.4 is 0 Å². The Bertz CT molecular complexity index is 703. The van der Waals surface area contributed by atoms with E-state index in [1.165, 1.54) is 11.8 Å². The molecule has 2 aromatic rings. The fraction of sp³-hybridized carbons (Fsp3) is 0.250. The summed E-state index contributed by atoms with van der Waals surface area (Å²) in [7, 11) is 0. The van der Waals surface area contributed by atoms with Crippen molar-refractivity contribution in [1.82, 2.24) is 4.98 Å². The molecule has 5 heteroatoms. The quantitative estimate of drug-likeness (QED) is 0.857. The lowest BCUT2D eigenvalue weighted by molar-refractivity contribution is 0.0692. The Morgan fingerprint density at radius 1 is 1.33 bits per heavy atom. The molecule has 0 unspecified atom stereocenters. The van der Waals surface area contributed by atoms with Gasteiger partial charge in [0.25, 0.3) is 0 Å². The maximum absolute atomic E-state index is 11.4. The van der Waals surface area contributed by atoms with Gasteiger partial charge in [-0.25, -0.2) is 9.78 Å². The minimum atomic E-state index is -0.918. The number of nitrogens with zero attached hydrogens (tertiary/aromatic N) is 1. The first-order chi connectivity index (χ1) is 10.1. The SMILES string of the molecule is O=C(O)c1cc2c(nc1SCc1ccccc1Cl)CCC2. The average molecular weight is 320 g/mol. The predicted octanol–water partition coefficient (Wildman–Crippen LogP) is 4.21. The number of carbonyl (C=O) groups is 1. The van der Waals surface area contributed by atoms with E-state index in [4.69, 9.17) is 11.6 Å². The van der Waals surface area contributed by atoms with Gasteiger partial charge in [-0.15, -0.1) is 11.8 Å². The first-order valence-electron chi connectivity index (χ1n) is 6.77. The summed E-state index contributed by atoms with van der Waals surface area (Å²) in [5.74, 6) is -0.301. The van der Waals surface area contributed by atoms with Crippen LogP contribution in [-0.4, -0.2) is 16.1 Å². The van der Waals surface area contributed by atoms with E-state index in [0.717, 1.165) is 36.1 Å². The van der Waals surface area contributed by atoms with Crippen LogP contribution in [0.4, 0.5) is 0 Å². The fourth-order valence-electron chi connectivity index (χ4n) is 2.48. The van der Waals surface area contributed by atoms with Crippen molar-refractivity contribution in [3.8, 4) is 0 Å². The van der Waals surface area contributed by atoms with Gasteiger partial charge in [0.1, 0.15) is 5.03 Å². The molecule has 108 valence electrons. The molecule has 1 N–H and O–H groups in total. The van der Waals surface area contributed by atoms with Gasteiger partial charge in [-0.05, 0) is 42.5 Å². The highest BCUT2D eigenvalue weighted by atomic mass is 35.5. The molecule has 1 aliphatic carbocycles. The second-order valence-corrected chi connectivity index (χ2v) is 6.36. The van der Waals surface area contributed by atoms with E-state index in [1.54, 1.807) is 6.07 Å². The highest BCUT2D eigenvalue weighted by molar-refractivity contribution is 7.98. The Kier molecular flexibility index (Phi) is 4.17. The van der Waals surface area contributed by atoms with E-state index in [2.05, 4.69) is 4.98 Å². The molecule has 1 aromatic heterocycles. The molecule has 0 fully saturated rings. The molecule has 3 nitrogen and oxygen atoms in total. The normalized spacial score (nSPS) is 13.2. The van der Waals surface area contributed by atoms with Crippen molar-refractivity contribution in [3.63, 3.8) is 0 Å². The van der Waals surface area contributed by atoms with Crippen LogP contribution in [0.25, 0.3) is 0 Å². The number of carboxylic acid groups (broad SMARTS) is 1. The summed E-state index contributed by atoms with van der Waals surface area (Å²) < 4.78 is 0. The largest absolute Gasteiger partial charge is 0.478 e. The molecule has 21 heavy (non-hydrogen) atoms. The van der Waals surface area contributed by atoms with Crippen molar-refractivity contribution in [2.75, 3.05) is 0 Å². The second kappa shape index (κ2) is 6.08. The van der Waals surface area contributed by atoms with E-state index in [0.29, 0.717) is 21.4 Å². The third-order valence-electron chi connectivity index (χ3n) is 3.57. The summed E-state index contributed by atoms with van der Waals surface area (Å²) in [6, 6.07) is 9.38. The average Bonchev–Trinajstić information content (AvgIpc) is 2.92. The van der Waals surface area contributed by atoms with Crippen molar-refractivity contribution in [2.45, 2.75) is 30.0 Å². The summed E-state index contributed by atoms with van der Waals surface area (Å²) in [6.45, 7) is 0. The third kappa shape index (κ3) is 3.06. The smallest absolute Gasteiger partial charge is 0.338 e. The van der Waals surface area contributed by atoms with Gasteiger partial charge in [-0.2, -0.15) is 0 Å². The van der Waals surface area contributed by atoms with Crippen LogP contribution in [0.15, 0.2) is 35.4 Å². The molecular weight excluding hydrogens is 306 g/mol. The maximum Gasteiger partial charge on any atom is 0.338 e. The number of hydrogen-bond donors (Lipinski definition) is 1. The summed E-state index contributed by atoms with van der Waals surface area (Å²) in [6.07, 6.45) is 2.92. The number of halogens is 1. The zero-order valence-electron chi connectivity index (χ0n) is 11.3. The number of pyridine rings is 1. The van der Waals surface area contributed by atoms with E-state index in [1.807, 2.05) is 24.3 Å². The van der Waals surface area contributed by atoms with Crippen molar-refractivity contribution in [3.05, 3.63) is 57.7 Å². The van der Waals surface area contributed by atoms with Gasteiger partial charge in [0.05, 0.1) is 5.56 Å². The van der Waals surface area contributed by atoms with Crippen molar-refractivity contribution in [1.29, 1.82) is 0 Å². The number of benzene rings is 1. The molecule has 0 spiro atoms. The van der Waals surface area contributed by atoms with Crippen molar-refractivity contribution in [2.24, 2.45) is 0 Å². The molecule has 1 aliphatic rings. The second-order valence-electron chi connectivity index (χ2n) is 4.99. The number of aromatic carboxylic acids is 1. The van der Waals surface area contributed by atoms with Crippen LogP contribution in [-0.2, 0) is 18.6 Å². The maximum atomic E-state index is 11.4. The third-order valence-corrected chi connectivity index (χ3v) is 4.98. The number of rotatable bonds is 4. The van der Waals surface area contributed by atoms with Crippen LogP contribution in [0.3, 0.4) is 0 Å². The van der Waals surface area contributed by atoms with Crippen LogP contribution >= 0.6 is 23.4 Å². The fourth-order valence-corrected chi connectivity index (χ4v) is 3.78. The standard InChI is InChI=1S/C16H14ClNO2S/c17-13-6-2-1-4-11(13)9-21-15-12(16(19)20)8-10-5-3-7-14(10)18-15/h1-2,4,6,8H,3,5,7,9H2,(H,19,20). The number of aromatic nitrogens is 1. The Labute approximate surface area is 132 Å². The molecule has 0 aliphatic heterocycles. The van der Waals surface area contributed by atoms with Gasteiger partial charge in [0.15, 0.2) is 0 Å². The monoisotopic (exact) mass is 319 g/mol. The summed E-state index contributed by atoms with van der Waals surface area (Å²) in [5, 5.41) is 10.7. The lowest BCUT2D eigenvalue weighted by Crippen LogP contribution is -2.04. The number of hydrogen-bond acceptors (Lipinski definition) is 3. The van der Waals surface area contributed by atoms with Crippen LogP contribution in [0, 0.1) is 0 Å². The lowest BCUT2D eigenvalue weighted by atomic mass is 10.1. The van der Waals surface area contributed by atoms with Crippen LogP contribution in [0.5, 0.6) is 0 Å². The van der Waals surface area contributed by atoms with Gasteiger partial charge in [-0.1, -0.05) is 29.8 Å². The first kappa shape index (κ1) is 14.4. The summed E-state index contributed by atoms with van der Waals surface area (Å²) >= 11 is 7.57. The summed E-state index contributed by atoms with van der Waals surface area (Å²) in [5.41, 5.74) is 3.41. The highest BCUT2D eigenvalue weighted by Crippen LogP contribution is 2.31. The van der Waals surface area contributed by atoms with E-state index < -0.39 is 5.97 Å². The molecule has 0 saturated carbocycles. The molecule has 3 rings (SSSR count). The Morgan fingerprint density at radius 3 is 2.90 bits per heavy atom. The van der Waals surface area contributed by atoms with E-state index in [9.17, 15) is 9.90 Å². The molecule has 1 aromatic carbocycles. The number of fused-ring (bicyclic) bond motifs is 1. The van der Waals surface area contributed by atoms with Gasteiger partial charge in [0, 0.05) is 16.5 Å².